The van der Waals surface area contributed by atoms with E-state index in [1.165, 1.54) is 0 Å². The van der Waals surface area contributed by atoms with Crippen molar-refractivity contribution in [2.75, 3.05) is 7.05 Å². The number of carbonyl (C=O) groups is 1. The van der Waals surface area contributed by atoms with Crippen LogP contribution in [0.1, 0.15) is 39.8 Å². The molecule has 0 atom stereocenters. The molecule has 0 unspecified atom stereocenters. The van der Waals surface area contributed by atoms with Crippen molar-refractivity contribution >= 4 is 5.91 Å². The molecule has 0 N–H and O–H groups in total. The van der Waals surface area contributed by atoms with E-state index in [1.54, 1.807) is 28.9 Å². The van der Waals surface area contributed by atoms with Crippen LogP contribution >= 0.6 is 0 Å². The highest BCUT2D eigenvalue weighted by Crippen LogP contribution is 2.19. The lowest BCUT2D eigenvalue weighted by molar-refractivity contribution is 0.0777. The number of nitrogens with zero attached hydrogens (tertiary/aromatic N) is 5. The Morgan fingerprint density at radius 2 is 1.93 bits per heavy atom. The predicted octanol–water partition coefficient (Wildman–Crippen LogP) is 3.33. The first-order chi connectivity index (χ1) is 13.4. The molecule has 1 amide bonds. The van der Waals surface area contributed by atoms with Crippen molar-refractivity contribution in [2.24, 2.45) is 0 Å². The Labute approximate surface area is 165 Å². The van der Waals surface area contributed by atoms with E-state index in [1.807, 2.05) is 50.7 Å². The molecule has 0 aliphatic heterocycles. The molecule has 0 spiro atoms. The average Bonchev–Trinajstić information content (AvgIpc) is 3.28. The highest BCUT2D eigenvalue weighted by Gasteiger charge is 2.17. The van der Waals surface area contributed by atoms with Gasteiger partial charge in [0.05, 0.1) is 5.69 Å². The summed E-state index contributed by atoms with van der Waals surface area (Å²) in [7, 11) is 1.77. The number of hydrogen-bond donors (Lipinski definition) is 0. The quantitative estimate of drug-likeness (QED) is 0.630. The molecule has 0 saturated heterocycles. The van der Waals surface area contributed by atoms with Crippen LogP contribution in [0.3, 0.4) is 0 Å². The van der Waals surface area contributed by atoms with E-state index < -0.39 is 0 Å². The summed E-state index contributed by atoms with van der Waals surface area (Å²) in [5.74, 6) is 0.693. The van der Waals surface area contributed by atoms with Gasteiger partial charge in [-0.2, -0.15) is 10.2 Å². The zero-order chi connectivity index (χ0) is 20.3. The zero-order valence-corrected chi connectivity index (χ0v) is 17.1. The lowest BCUT2D eigenvalue weighted by atomic mass is 10.1. The van der Waals surface area contributed by atoms with Crippen LogP contribution in [0, 0.1) is 20.8 Å². The van der Waals surface area contributed by atoms with Gasteiger partial charge in [0.25, 0.3) is 5.91 Å². The molecule has 0 saturated carbocycles. The summed E-state index contributed by atoms with van der Waals surface area (Å²) in [5, 5.41) is 8.79. The summed E-state index contributed by atoms with van der Waals surface area (Å²) >= 11 is 0. The minimum absolute atomic E-state index is 0.130. The van der Waals surface area contributed by atoms with E-state index in [4.69, 9.17) is 4.74 Å². The van der Waals surface area contributed by atoms with Gasteiger partial charge in [0.1, 0.15) is 5.75 Å². The van der Waals surface area contributed by atoms with Crippen molar-refractivity contribution in [3.63, 3.8) is 0 Å². The second-order valence-corrected chi connectivity index (χ2v) is 7.04. The fourth-order valence-corrected chi connectivity index (χ4v) is 2.95. The van der Waals surface area contributed by atoms with Crippen LogP contribution in [0.15, 0.2) is 36.7 Å². The van der Waals surface area contributed by atoms with Crippen LogP contribution in [0.2, 0.25) is 0 Å². The van der Waals surface area contributed by atoms with E-state index in [9.17, 15) is 4.79 Å². The minimum atomic E-state index is -0.130. The normalized spacial score (nSPS) is 10.9. The summed E-state index contributed by atoms with van der Waals surface area (Å²) in [5.41, 5.74) is 4.58. The number of aromatic nitrogens is 4. The van der Waals surface area contributed by atoms with Crippen molar-refractivity contribution in [1.29, 1.82) is 0 Å². The van der Waals surface area contributed by atoms with Crippen LogP contribution < -0.4 is 4.74 Å². The molecule has 2 aromatic heterocycles. The van der Waals surface area contributed by atoms with Crippen molar-refractivity contribution in [3.8, 4) is 5.75 Å². The standard InChI is InChI=1S/C21H27N5O2/c1-6-25-13-18(17(4)22-25)12-24(5)21(27)19-9-10-26(23-19)14-28-20-11-15(2)7-8-16(20)3/h7-11,13H,6,12,14H2,1-5H3. The Morgan fingerprint density at radius 3 is 2.64 bits per heavy atom. The zero-order valence-electron chi connectivity index (χ0n) is 17.1. The Hall–Kier alpha value is -3.09. The van der Waals surface area contributed by atoms with Crippen LogP contribution in [0.25, 0.3) is 0 Å². The molecule has 2 heterocycles. The number of carbonyl (C=O) groups excluding carboxylic acids is 1. The molecule has 1 aromatic carbocycles. The van der Waals surface area contributed by atoms with Crippen LogP contribution in [0.5, 0.6) is 5.75 Å². The molecule has 0 aliphatic carbocycles. The summed E-state index contributed by atoms with van der Waals surface area (Å²) in [6.07, 6.45) is 3.74. The summed E-state index contributed by atoms with van der Waals surface area (Å²) < 4.78 is 9.35. The fraction of sp³-hybridized carbons (Fsp3) is 0.381. The van der Waals surface area contributed by atoms with Crippen LogP contribution in [-0.2, 0) is 19.8 Å². The lowest BCUT2D eigenvalue weighted by Gasteiger charge is -2.15. The van der Waals surface area contributed by atoms with Gasteiger partial charge in [-0.3, -0.25) is 9.48 Å². The fourth-order valence-electron chi connectivity index (χ4n) is 2.95. The minimum Gasteiger partial charge on any atom is -0.471 e. The first-order valence-electron chi connectivity index (χ1n) is 9.39. The Bertz CT molecular complexity index is 973. The number of benzene rings is 1. The second-order valence-electron chi connectivity index (χ2n) is 7.04. The first-order valence-corrected chi connectivity index (χ1v) is 9.39. The smallest absolute Gasteiger partial charge is 0.274 e. The lowest BCUT2D eigenvalue weighted by Crippen LogP contribution is -2.27. The molecule has 3 rings (SSSR count). The molecular weight excluding hydrogens is 354 g/mol. The number of rotatable bonds is 7. The summed E-state index contributed by atoms with van der Waals surface area (Å²) in [6, 6.07) is 7.79. The molecule has 7 heteroatoms. The number of hydrogen-bond acceptors (Lipinski definition) is 4. The first kappa shape index (κ1) is 19.7. The Kier molecular flexibility index (Phi) is 5.82. The average molecular weight is 381 g/mol. The molecule has 0 bridgehead atoms. The van der Waals surface area contributed by atoms with Gasteiger partial charge >= 0.3 is 0 Å². The van der Waals surface area contributed by atoms with Gasteiger partial charge < -0.3 is 9.64 Å². The maximum absolute atomic E-state index is 12.7. The van der Waals surface area contributed by atoms with Gasteiger partial charge in [-0.15, -0.1) is 0 Å². The molecule has 0 aliphatic rings. The molecule has 3 aromatic rings. The summed E-state index contributed by atoms with van der Waals surface area (Å²) in [4.78, 5) is 14.4. The van der Waals surface area contributed by atoms with E-state index in [0.29, 0.717) is 12.2 Å². The van der Waals surface area contributed by atoms with Gasteiger partial charge in [0, 0.05) is 38.1 Å². The van der Waals surface area contributed by atoms with E-state index >= 15 is 0 Å². The third-order valence-electron chi connectivity index (χ3n) is 4.68. The van der Waals surface area contributed by atoms with Gasteiger partial charge in [0.2, 0.25) is 0 Å². The molecule has 7 nitrogen and oxygen atoms in total. The largest absolute Gasteiger partial charge is 0.471 e. The molecule has 0 radical (unpaired) electrons. The topological polar surface area (TPSA) is 65.2 Å². The van der Waals surface area contributed by atoms with Crippen LogP contribution in [-0.4, -0.2) is 37.4 Å². The molecule has 148 valence electrons. The number of amides is 1. The maximum Gasteiger partial charge on any atom is 0.274 e. The van der Waals surface area contributed by atoms with Gasteiger partial charge in [-0.25, -0.2) is 4.68 Å². The van der Waals surface area contributed by atoms with Gasteiger partial charge in [-0.1, -0.05) is 12.1 Å². The van der Waals surface area contributed by atoms with Crippen molar-refractivity contribution in [2.45, 2.75) is 47.5 Å². The van der Waals surface area contributed by atoms with E-state index in [0.717, 1.165) is 34.7 Å². The molecule has 0 fully saturated rings. The SMILES string of the molecule is CCn1cc(CN(C)C(=O)c2ccn(COc3cc(C)ccc3C)n2)c(C)n1. The van der Waals surface area contributed by atoms with Gasteiger partial charge in [0.15, 0.2) is 12.4 Å². The highest BCUT2D eigenvalue weighted by molar-refractivity contribution is 5.91. The van der Waals surface area contributed by atoms with Crippen molar-refractivity contribution in [1.82, 2.24) is 24.5 Å². The second kappa shape index (κ2) is 8.29. The number of ether oxygens (including phenoxy) is 1. The monoisotopic (exact) mass is 381 g/mol. The third kappa shape index (κ3) is 4.42. The predicted molar refractivity (Wildman–Crippen MR) is 107 cm³/mol. The maximum atomic E-state index is 12.7. The highest BCUT2D eigenvalue weighted by atomic mass is 16.5. The molecule has 28 heavy (non-hydrogen) atoms. The van der Waals surface area contributed by atoms with Gasteiger partial charge in [-0.05, 0) is 51.0 Å². The molecular formula is C21H27N5O2. The summed E-state index contributed by atoms with van der Waals surface area (Å²) in [6.45, 7) is 9.59. The van der Waals surface area contributed by atoms with Crippen molar-refractivity contribution < 1.29 is 9.53 Å². The van der Waals surface area contributed by atoms with E-state index in [2.05, 4.69) is 16.3 Å². The van der Waals surface area contributed by atoms with E-state index in [-0.39, 0.29) is 12.6 Å². The Morgan fingerprint density at radius 1 is 1.14 bits per heavy atom. The Balaban J connectivity index is 1.62. The number of aryl methyl sites for hydroxylation is 4. The van der Waals surface area contributed by atoms with Crippen LogP contribution in [0.4, 0.5) is 0 Å². The van der Waals surface area contributed by atoms with Crippen molar-refractivity contribution in [3.05, 3.63) is 64.7 Å². The third-order valence-corrected chi connectivity index (χ3v) is 4.68.